The fourth-order valence-electron chi connectivity index (χ4n) is 7.49. The predicted molar refractivity (Wildman–Crippen MR) is 90.7 cm³/mol. The van der Waals surface area contributed by atoms with Crippen LogP contribution in [-0.2, 0) is 4.79 Å². The molecule has 130 valence electrons. The Balaban J connectivity index is 1.70. The van der Waals surface area contributed by atoms with Gasteiger partial charge in [-0.25, -0.2) is 0 Å². The smallest absolute Gasteiger partial charge is 0.222 e. The van der Waals surface area contributed by atoms with E-state index in [1.165, 1.54) is 12.8 Å². The molecule has 8 atom stereocenters. The topological polar surface area (TPSA) is 40.5 Å². The molecule has 0 radical (unpaired) electrons. The van der Waals surface area contributed by atoms with E-state index in [9.17, 15) is 9.90 Å². The van der Waals surface area contributed by atoms with Crippen molar-refractivity contribution in [2.24, 2.45) is 34.5 Å². The van der Waals surface area contributed by atoms with Gasteiger partial charge >= 0.3 is 0 Å². The van der Waals surface area contributed by atoms with Gasteiger partial charge in [-0.15, -0.1) is 0 Å². The number of aliphatic hydroxyl groups excluding tert-OH is 1. The first-order valence-corrected chi connectivity index (χ1v) is 9.70. The van der Waals surface area contributed by atoms with Gasteiger partial charge in [-0.05, 0) is 73.0 Å². The molecule has 1 N–H and O–H groups in total. The highest BCUT2D eigenvalue weighted by atomic mass is 16.3. The maximum atomic E-state index is 12.2. The molecule has 4 rings (SSSR count). The average molecular weight is 319 g/mol. The lowest BCUT2D eigenvalue weighted by Gasteiger charge is -2.63. The number of hydrogen-bond donors (Lipinski definition) is 1. The first kappa shape index (κ1) is 15.9. The summed E-state index contributed by atoms with van der Waals surface area (Å²) < 4.78 is 0. The van der Waals surface area contributed by atoms with Gasteiger partial charge in [0.2, 0.25) is 5.91 Å². The van der Waals surface area contributed by atoms with Crippen LogP contribution in [0.4, 0.5) is 0 Å². The molecule has 0 aromatic heterocycles. The van der Waals surface area contributed by atoms with Crippen molar-refractivity contribution in [2.45, 2.75) is 77.9 Å². The van der Waals surface area contributed by atoms with Crippen molar-refractivity contribution in [1.29, 1.82) is 0 Å². The van der Waals surface area contributed by atoms with E-state index < -0.39 is 0 Å². The molecule has 5 unspecified atom stereocenters. The van der Waals surface area contributed by atoms with Gasteiger partial charge in [0.1, 0.15) is 0 Å². The molecule has 3 heteroatoms. The molecule has 1 amide bonds. The second kappa shape index (κ2) is 4.97. The molecular formula is C20H33NO2. The average Bonchev–Trinajstić information content (AvgIpc) is 2.80. The van der Waals surface area contributed by atoms with Crippen LogP contribution < -0.4 is 0 Å². The summed E-state index contributed by atoms with van der Waals surface area (Å²) in [5, 5.41) is 10.3. The quantitative estimate of drug-likeness (QED) is 0.743. The molecule has 0 spiro atoms. The zero-order chi connectivity index (χ0) is 16.6. The molecule has 3 aliphatic carbocycles. The van der Waals surface area contributed by atoms with E-state index in [2.05, 4.69) is 25.7 Å². The summed E-state index contributed by atoms with van der Waals surface area (Å²) in [6.45, 7) is 7.32. The number of rotatable bonds is 0. The molecule has 0 bridgehead atoms. The van der Waals surface area contributed by atoms with Gasteiger partial charge in [0.05, 0.1) is 6.10 Å². The minimum Gasteiger partial charge on any atom is -0.393 e. The Morgan fingerprint density at radius 2 is 1.91 bits per heavy atom. The Morgan fingerprint density at radius 1 is 1.17 bits per heavy atom. The molecule has 3 nitrogen and oxygen atoms in total. The summed E-state index contributed by atoms with van der Waals surface area (Å²) >= 11 is 0. The number of carbonyl (C=O) groups excluding carboxylic acids is 1. The molecule has 4 fully saturated rings. The largest absolute Gasteiger partial charge is 0.393 e. The highest BCUT2D eigenvalue weighted by Crippen LogP contribution is 2.65. The first-order valence-electron chi connectivity index (χ1n) is 9.70. The standard InChI is InChI=1S/C20H33NO2/c1-12-9-16-20(3,8-6-17(23)21(16)4)14-5-7-19(2)11-13(22)10-15(19)18(12)14/h12-16,18,22H,5-11H2,1-4H3/t12?,13-,14?,15?,16?,18?,19-,20-/m1/s1. The lowest BCUT2D eigenvalue weighted by Crippen LogP contribution is -2.62. The van der Waals surface area contributed by atoms with E-state index in [1.807, 2.05) is 7.05 Å². The van der Waals surface area contributed by atoms with Gasteiger partial charge in [0, 0.05) is 19.5 Å². The Bertz CT molecular complexity index is 520. The molecular weight excluding hydrogens is 286 g/mol. The second-order valence-electron chi connectivity index (χ2n) is 9.82. The van der Waals surface area contributed by atoms with Crippen molar-refractivity contribution < 1.29 is 9.90 Å². The molecule has 3 saturated carbocycles. The van der Waals surface area contributed by atoms with Crippen LogP contribution in [0, 0.1) is 34.5 Å². The SMILES string of the molecule is CC1CC2N(C)C(=O)CC[C@]2(C)C2CC[C@]3(C)C[C@H](O)CC3C12. The third-order valence-electron chi connectivity index (χ3n) is 8.68. The van der Waals surface area contributed by atoms with E-state index >= 15 is 0 Å². The van der Waals surface area contributed by atoms with Crippen LogP contribution in [0.3, 0.4) is 0 Å². The first-order chi connectivity index (χ1) is 10.8. The summed E-state index contributed by atoms with van der Waals surface area (Å²) in [5.41, 5.74) is 0.642. The van der Waals surface area contributed by atoms with Crippen LogP contribution in [0.5, 0.6) is 0 Å². The van der Waals surface area contributed by atoms with Crippen molar-refractivity contribution in [3.8, 4) is 0 Å². The Kier molecular flexibility index (Phi) is 3.44. The van der Waals surface area contributed by atoms with E-state index in [0.717, 1.165) is 43.9 Å². The summed E-state index contributed by atoms with van der Waals surface area (Å²) in [7, 11) is 2.03. The number of piperidine rings is 1. The van der Waals surface area contributed by atoms with Gasteiger partial charge in [-0.1, -0.05) is 20.8 Å². The minimum absolute atomic E-state index is 0.0860. The monoisotopic (exact) mass is 319 g/mol. The highest BCUT2D eigenvalue weighted by molar-refractivity contribution is 5.77. The van der Waals surface area contributed by atoms with Crippen LogP contribution in [-0.4, -0.2) is 35.1 Å². The van der Waals surface area contributed by atoms with E-state index in [-0.39, 0.29) is 11.5 Å². The third-order valence-corrected chi connectivity index (χ3v) is 8.68. The molecule has 4 aliphatic rings. The summed E-state index contributed by atoms with van der Waals surface area (Å²) in [4.78, 5) is 14.3. The van der Waals surface area contributed by atoms with E-state index in [4.69, 9.17) is 0 Å². The van der Waals surface area contributed by atoms with Crippen molar-refractivity contribution in [2.75, 3.05) is 7.05 Å². The number of aliphatic hydroxyl groups is 1. The summed E-state index contributed by atoms with van der Waals surface area (Å²) in [6, 6.07) is 0.427. The van der Waals surface area contributed by atoms with Crippen LogP contribution in [0.15, 0.2) is 0 Å². The normalized spacial score (nSPS) is 56.0. The Morgan fingerprint density at radius 3 is 2.65 bits per heavy atom. The van der Waals surface area contributed by atoms with Crippen molar-refractivity contribution in [1.82, 2.24) is 4.90 Å². The van der Waals surface area contributed by atoms with Crippen LogP contribution in [0.1, 0.15) is 65.7 Å². The number of carbonyl (C=O) groups is 1. The maximum Gasteiger partial charge on any atom is 0.222 e. The van der Waals surface area contributed by atoms with Crippen LogP contribution in [0.2, 0.25) is 0 Å². The van der Waals surface area contributed by atoms with Crippen LogP contribution in [0.25, 0.3) is 0 Å². The zero-order valence-electron chi connectivity index (χ0n) is 15.2. The maximum absolute atomic E-state index is 12.2. The van der Waals surface area contributed by atoms with Crippen molar-refractivity contribution in [3.05, 3.63) is 0 Å². The molecule has 0 aromatic carbocycles. The minimum atomic E-state index is -0.0860. The number of hydrogen-bond acceptors (Lipinski definition) is 2. The highest BCUT2D eigenvalue weighted by Gasteiger charge is 2.61. The van der Waals surface area contributed by atoms with Crippen molar-refractivity contribution in [3.63, 3.8) is 0 Å². The zero-order valence-corrected chi connectivity index (χ0v) is 15.2. The van der Waals surface area contributed by atoms with E-state index in [0.29, 0.717) is 29.2 Å². The molecule has 1 heterocycles. The number of likely N-dealkylation sites (tertiary alicyclic amines) is 1. The molecule has 0 aromatic rings. The lowest BCUT2D eigenvalue weighted by atomic mass is 9.45. The van der Waals surface area contributed by atoms with Gasteiger partial charge in [0.25, 0.3) is 0 Å². The lowest BCUT2D eigenvalue weighted by molar-refractivity contribution is -0.164. The molecule has 23 heavy (non-hydrogen) atoms. The van der Waals surface area contributed by atoms with E-state index in [1.54, 1.807) is 0 Å². The Labute approximate surface area is 140 Å². The van der Waals surface area contributed by atoms with Gasteiger partial charge in [0.15, 0.2) is 0 Å². The summed E-state index contributed by atoms with van der Waals surface area (Å²) in [5.74, 6) is 3.17. The number of amides is 1. The number of fused-ring (bicyclic) bond motifs is 5. The fourth-order valence-corrected chi connectivity index (χ4v) is 7.49. The van der Waals surface area contributed by atoms with Gasteiger partial charge in [-0.3, -0.25) is 4.79 Å². The molecule has 1 saturated heterocycles. The third kappa shape index (κ3) is 2.08. The van der Waals surface area contributed by atoms with Gasteiger partial charge < -0.3 is 10.0 Å². The van der Waals surface area contributed by atoms with Crippen LogP contribution >= 0.6 is 0 Å². The summed E-state index contributed by atoms with van der Waals surface area (Å²) in [6.07, 6.45) is 7.45. The fraction of sp³-hybridized carbons (Fsp3) is 0.950. The Hall–Kier alpha value is -0.570. The second-order valence-corrected chi connectivity index (χ2v) is 9.82. The van der Waals surface area contributed by atoms with Crippen molar-refractivity contribution >= 4 is 5.91 Å². The van der Waals surface area contributed by atoms with Gasteiger partial charge in [-0.2, -0.15) is 0 Å². The number of nitrogens with zero attached hydrogens (tertiary/aromatic N) is 1. The predicted octanol–water partition coefficient (Wildman–Crippen LogP) is 3.46. The molecule has 1 aliphatic heterocycles.